The van der Waals surface area contributed by atoms with E-state index in [1.165, 1.54) is 11.3 Å². The third-order valence-electron chi connectivity index (χ3n) is 11.8. The second-order valence-electron chi connectivity index (χ2n) is 17.2. The van der Waals surface area contributed by atoms with Crippen LogP contribution >= 0.6 is 11.3 Å². The number of carbonyl (C=O) groups excluding carboxylic acids is 3. The molecule has 1 aliphatic heterocycles. The maximum atomic E-state index is 14.9. The Labute approximate surface area is 352 Å². The number of ether oxygens (including phenoxy) is 1. The third-order valence-corrected chi connectivity index (χ3v) is 12.7. The Kier molecular flexibility index (Phi) is 20.1. The maximum absolute atomic E-state index is 14.9. The van der Waals surface area contributed by atoms with E-state index in [4.69, 9.17) is 9.72 Å². The summed E-state index contributed by atoms with van der Waals surface area (Å²) in [5.74, 6) is -1.42. The van der Waals surface area contributed by atoms with Gasteiger partial charge in [0, 0.05) is 49.8 Å². The van der Waals surface area contributed by atoms with Gasteiger partial charge in [0.05, 0.1) is 11.5 Å². The number of amides is 3. The Morgan fingerprint density at radius 1 is 1.03 bits per heavy atom. The highest BCUT2D eigenvalue weighted by Crippen LogP contribution is 2.32. The van der Waals surface area contributed by atoms with Crippen molar-refractivity contribution in [3.05, 3.63) is 45.9 Å². The molecule has 6 atom stereocenters. The number of carbonyl (C=O) groups is 4. The number of nitrogens with one attached hydrogen (secondary N) is 3. The molecule has 0 bridgehead atoms. The smallest absolute Gasteiger partial charge is 0.309 e. The summed E-state index contributed by atoms with van der Waals surface area (Å²) in [4.78, 5) is 63.5. The Morgan fingerprint density at radius 2 is 1.74 bits per heavy atom. The van der Waals surface area contributed by atoms with Crippen LogP contribution in [0.4, 0.5) is 5.69 Å². The lowest BCUT2D eigenvalue weighted by Gasteiger charge is -2.40. The van der Waals surface area contributed by atoms with Crippen LogP contribution in [0.5, 0.6) is 0 Å². The number of hydrogen-bond donors (Lipinski definition) is 4. The first kappa shape index (κ1) is 48.8. The summed E-state index contributed by atoms with van der Waals surface area (Å²) in [6, 6.07) is 6.30. The van der Waals surface area contributed by atoms with Gasteiger partial charge in [-0.05, 0) is 96.0 Å². The summed E-state index contributed by atoms with van der Waals surface area (Å²) in [5.41, 5.74) is 1.12. The van der Waals surface area contributed by atoms with Gasteiger partial charge in [-0.3, -0.25) is 24.1 Å². The van der Waals surface area contributed by atoms with Crippen LogP contribution in [0.1, 0.15) is 147 Å². The minimum Gasteiger partial charge on any atom is -0.481 e. The number of carboxylic acid groups (broad SMARTS) is 1. The van der Waals surface area contributed by atoms with Gasteiger partial charge in [0.1, 0.15) is 22.8 Å². The number of nitrogens with zero attached hydrogens (tertiary/aromatic N) is 3. The fraction of sp³-hybridized carbons (Fsp3) is 0.711. The van der Waals surface area contributed by atoms with Gasteiger partial charge in [0.25, 0.3) is 5.91 Å². The first-order valence-electron chi connectivity index (χ1n) is 21.8. The van der Waals surface area contributed by atoms with Crippen LogP contribution in [-0.2, 0) is 25.5 Å². The number of aromatic nitrogens is 1. The minimum atomic E-state index is -1.06. The highest BCUT2D eigenvalue weighted by atomic mass is 32.1. The van der Waals surface area contributed by atoms with Crippen molar-refractivity contribution >= 4 is 40.7 Å². The molecule has 2 heterocycles. The van der Waals surface area contributed by atoms with Crippen LogP contribution in [0.3, 0.4) is 0 Å². The van der Waals surface area contributed by atoms with E-state index in [1.807, 2.05) is 57.1 Å². The van der Waals surface area contributed by atoms with Gasteiger partial charge >= 0.3 is 5.97 Å². The molecule has 0 unspecified atom stereocenters. The predicted molar refractivity (Wildman–Crippen MR) is 234 cm³/mol. The number of likely N-dealkylation sites (N-methyl/N-ethyl adjacent to an activating group) is 1. The van der Waals surface area contributed by atoms with Crippen molar-refractivity contribution in [2.24, 2.45) is 17.3 Å². The molecule has 1 aliphatic rings. The van der Waals surface area contributed by atoms with E-state index < -0.39 is 29.6 Å². The fourth-order valence-electron chi connectivity index (χ4n) is 7.85. The van der Waals surface area contributed by atoms with Crippen molar-refractivity contribution in [3.8, 4) is 0 Å². The topological polar surface area (TPSA) is 153 Å². The molecule has 0 radical (unpaired) electrons. The number of hydrogen-bond acceptors (Lipinski definition) is 9. The number of benzene rings is 1. The van der Waals surface area contributed by atoms with Crippen LogP contribution in [0.25, 0.3) is 0 Å². The Balaban J connectivity index is 1.90. The summed E-state index contributed by atoms with van der Waals surface area (Å²) in [6.07, 6.45) is 8.31. The Morgan fingerprint density at radius 3 is 2.33 bits per heavy atom. The molecule has 58 heavy (non-hydrogen) atoms. The van der Waals surface area contributed by atoms with Gasteiger partial charge in [-0.2, -0.15) is 0 Å². The molecule has 2 aromatic rings. The van der Waals surface area contributed by atoms with Gasteiger partial charge < -0.3 is 30.7 Å². The van der Waals surface area contributed by atoms with Crippen LogP contribution < -0.4 is 16.0 Å². The number of carboxylic acids is 1. The number of anilines is 1. The number of aliphatic carboxylic acids is 1. The van der Waals surface area contributed by atoms with Gasteiger partial charge in [-0.1, -0.05) is 78.9 Å². The largest absolute Gasteiger partial charge is 0.481 e. The lowest BCUT2D eigenvalue weighted by atomic mass is 9.84. The predicted octanol–water partition coefficient (Wildman–Crippen LogP) is 7.94. The first-order chi connectivity index (χ1) is 27.6. The van der Waals surface area contributed by atoms with Crippen molar-refractivity contribution in [2.75, 3.05) is 39.1 Å². The van der Waals surface area contributed by atoms with Crippen molar-refractivity contribution < 1.29 is 29.0 Å². The zero-order valence-corrected chi connectivity index (χ0v) is 37.9. The summed E-state index contributed by atoms with van der Waals surface area (Å²) in [6.45, 7) is 17.7. The van der Waals surface area contributed by atoms with E-state index in [1.54, 1.807) is 19.2 Å². The van der Waals surface area contributed by atoms with E-state index in [2.05, 4.69) is 48.5 Å². The number of piperidine rings is 1. The number of thiazole rings is 1. The van der Waals surface area contributed by atoms with Crippen molar-refractivity contribution in [3.63, 3.8) is 0 Å². The Hall–Kier alpha value is -3.55. The quantitative estimate of drug-likeness (QED) is 0.0731. The number of rotatable bonds is 25. The molecule has 0 spiro atoms. The molecule has 12 nitrogen and oxygen atoms in total. The average molecular weight is 827 g/mol. The summed E-state index contributed by atoms with van der Waals surface area (Å²) in [7, 11) is 3.84. The lowest BCUT2D eigenvalue weighted by Crippen LogP contribution is -2.59. The van der Waals surface area contributed by atoms with Gasteiger partial charge in [0.2, 0.25) is 11.8 Å². The van der Waals surface area contributed by atoms with E-state index in [9.17, 15) is 24.3 Å². The molecule has 1 saturated heterocycles. The zero-order chi connectivity index (χ0) is 43.0. The van der Waals surface area contributed by atoms with Crippen molar-refractivity contribution in [2.45, 2.75) is 156 Å². The van der Waals surface area contributed by atoms with Crippen molar-refractivity contribution in [1.82, 2.24) is 25.4 Å². The molecule has 4 N–H and O–H groups in total. The molecule has 13 heteroatoms. The van der Waals surface area contributed by atoms with Crippen molar-refractivity contribution in [1.29, 1.82) is 0 Å². The molecule has 1 aromatic heterocycles. The van der Waals surface area contributed by atoms with Gasteiger partial charge in [-0.25, -0.2) is 4.98 Å². The second kappa shape index (κ2) is 23.9. The van der Waals surface area contributed by atoms with Crippen LogP contribution in [0.15, 0.2) is 29.6 Å². The molecule has 1 fully saturated rings. The average Bonchev–Trinajstić information content (AvgIpc) is 3.69. The highest BCUT2D eigenvalue weighted by Gasteiger charge is 2.38. The molecule has 326 valence electrons. The highest BCUT2D eigenvalue weighted by molar-refractivity contribution is 7.09. The molecule has 3 rings (SSSR count). The van der Waals surface area contributed by atoms with Gasteiger partial charge in [0.15, 0.2) is 0 Å². The molecular formula is C45H74N6O6S. The van der Waals surface area contributed by atoms with Crippen LogP contribution in [-0.4, -0.2) is 102 Å². The summed E-state index contributed by atoms with van der Waals surface area (Å²) < 4.78 is 6.36. The van der Waals surface area contributed by atoms with E-state index >= 15 is 0 Å². The molecule has 1 aromatic carbocycles. The fourth-order valence-corrected chi connectivity index (χ4v) is 8.71. The normalized spacial score (nSPS) is 17.5. The van der Waals surface area contributed by atoms with Crippen LogP contribution in [0.2, 0.25) is 0 Å². The molecule has 0 aliphatic carbocycles. The lowest BCUT2D eigenvalue weighted by molar-refractivity contribution is -0.147. The van der Waals surface area contributed by atoms with Gasteiger partial charge in [-0.15, -0.1) is 11.3 Å². The standard InChI is InChI=1S/C45H74N6O6S/c1-11-14-15-17-25-51(43(54)39(31(6)12-2)49-41(53)36-19-16-18-24-50(36)10)37(30(4)5)27-38(57-13-3)42-48-35(29-58-42)40(52)47-34(28-45(7,8)44(55)56)26-32-20-22-33(46-9)23-21-32/h20-23,29-31,34,36-39,46H,11-19,24-28H2,1-10H3,(H,47,52)(H,49,53)(H,55,56)/t31-,34-,36+,37+,38+,39-/m0/s1. The van der Waals surface area contributed by atoms with E-state index in [0.29, 0.717) is 31.0 Å². The monoisotopic (exact) mass is 827 g/mol. The molecular weight excluding hydrogens is 753 g/mol. The maximum Gasteiger partial charge on any atom is 0.309 e. The summed E-state index contributed by atoms with van der Waals surface area (Å²) in [5, 5.41) is 21.7. The van der Waals surface area contributed by atoms with Crippen LogP contribution in [0, 0.1) is 17.3 Å². The SMILES string of the molecule is CCCCCCN(C(=O)[C@@H](NC(=O)[C@H]1CCCCN1C)[C@@H](C)CC)[C@H](C[C@@H](OCC)c1nc(C(=O)N[C@@H](Cc2ccc(NC)cc2)CC(C)(C)C(=O)O)cs1)C(C)C. The summed E-state index contributed by atoms with van der Waals surface area (Å²) >= 11 is 1.35. The molecule has 3 amide bonds. The molecule has 0 saturated carbocycles. The third kappa shape index (κ3) is 14.3. The first-order valence-corrected chi connectivity index (χ1v) is 22.6. The van der Waals surface area contributed by atoms with E-state index in [-0.39, 0.29) is 53.8 Å². The zero-order valence-electron chi connectivity index (χ0n) is 37.1. The number of unbranched alkanes of at least 4 members (excludes halogenated alkanes) is 3. The second-order valence-corrected chi connectivity index (χ2v) is 18.1. The van der Waals surface area contributed by atoms with E-state index in [0.717, 1.165) is 69.2 Å². The number of likely N-dealkylation sites (tertiary alicyclic amines) is 1. The Bertz CT molecular complexity index is 1580. The minimum absolute atomic E-state index is 0.0539.